The second-order valence-corrected chi connectivity index (χ2v) is 4.46. The fourth-order valence-corrected chi connectivity index (χ4v) is 1.94. The predicted molar refractivity (Wildman–Crippen MR) is 72.3 cm³/mol. The van der Waals surface area contributed by atoms with E-state index in [2.05, 4.69) is 22.1 Å². The van der Waals surface area contributed by atoms with Crippen molar-refractivity contribution in [2.75, 3.05) is 18.5 Å². The van der Waals surface area contributed by atoms with Gasteiger partial charge in [-0.15, -0.1) is 0 Å². The third kappa shape index (κ3) is 3.53. The number of nitrogens with one attached hydrogen (secondary N) is 1. The van der Waals surface area contributed by atoms with E-state index >= 15 is 0 Å². The molecule has 1 aromatic heterocycles. The van der Waals surface area contributed by atoms with Gasteiger partial charge in [-0.25, -0.2) is 4.98 Å². The zero-order valence-corrected chi connectivity index (χ0v) is 10.8. The SMILES string of the molecule is CC1CCOC1C(=O)Nc1cccc(C#CCN)n1. The maximum atomic E-state index is 12.0. The second-order valence-electron chi connectivity index (χ2n) is 4.46. The van der Waals surface area contributed by atoms with Gasteiger partial charge in [0.25, 0.3) is 5.91 Å². The number of ether oxygens (including phenoxy) is 1. The zero-order chi connectivity index (χ0) is 13.7. The van der Waals surface area contributed by atoms with Crippen LogP contribution in [0.1, 0.15) is 19.0 Å². The summed E-state index contributed by atoms with van der Waals surface area (Å²) in [6.45, 7) is 2.92. The lowest BCUT2D eigenvalue weighted by Crippen LogP contribution is -2.31. The van der Waals surface area contributed by atoms with E-state index in [0.717, 1.165) is 6.42 Å². The molecule has 2 heterocycles. The normalized spacial score (nSPS) is 21.6. The van der Waals surface area contributed by atoms with E-state index in [-0.39, 0.29) is 24.5 Å². The van der Waals surface area contributed by atoms with Crippen LogP contribution in [-0.4, -0.2) is 30.1 Å². The number of pyridine rings is 1. The van der Waals surface area contributed by atoms with Crippen molar-refractivity contribution in [3.8, 4) is 11.8 Å². The maximum Gasteiger partial charge on any atom is 0.254 e. The molecule has 0 aliphatic carbocycles. The van der Waals surface area contributed by atoms with Crippen molar-refractivity contribution in [3.63, 3.8) is 0 Å². The standard InChI is InChI=1S/C14H17N3O2/c1-10-7-9-19-13(10)14(18)17-12-6-2-4-11(16-12)5-3-8-15/h2,4,6,10,13H,7-9,15H2,1H3,(H,16,17,18). The van der Waals surface area contributed by atoms with Gasteiger partial charge in [-0.3, -0.25) is 4.79 Å². The van der Waals surface area contributed by atoms with Crippen molar-refractivity contribution in [1.29, 1.82) is 0 Å². The highest BCUT2D eigenvalue weighted by Crippen LogP contribution is 2.21. The summed E-state index contributed by atoms with van der Waals surface area (Å²) in [4.78, 5) is 16.2. The van der Waals surface area contributed by atoms with Crippen LogP contribution in [-0.2, 0) is 9.53 Å². The van der Waals surface area contributed by atoms with Crippen molar-refractivity contribution in [1.82, 2.24) is 4.98 Å². The van der Waals surface area contributed by atoms with Crippen LogP contribution in [0, 0.1) is 17.8 Å². The van der Waals surface area contributed by atoms with Gasteiger partial charge in [0.15, 0.2) is 0 Å². The number of nitrogens with two attached hydrogens (primary N) is 1. The van der Waals surface area contributed by atoms with Gasteiger partial charge < -0.3 is 15.8 Å². The van der Waals surface area contributed by atoms with E-state index in [0.29, 0.717) is 18.1 Å². The first-order chi connectivity index (χ1) is 9.20. The molecule has 2 atom stereocenters. The zero-order valence-electron chi connectivity index (χ0n) is 10.8. The minimum atomic E-state index is -0.388. The van der Waals surface area contributed by atoms with Crippen LogP contribution >= 0.6 is 0 Å². The molecule has 5 heteroatoms. The number of nitrogens with zero attached hydrogens (tertiary/aromatic N) is 1. The van der Waals surface area contributed by atoms with Gasteiger partial charge in [-0.1, -0.05) is 18.9 Å². The van der Waals surface area contributed by atoms with Crippen molar-refractivity contribution < 1.29 is 9.53 Å². The largest absolute Gasteiger partial charge is 0.368 e. The third-order valence-electron chi connectivity index (χ3n) is 2.96. The Bertz CT molecular complexity index is 519. The Kier molecular flexibility index (Phi) is 4.50. The third-order valence-corrected chi connectivity index (χ3v) is 2.96. The van der Waals surface area contributed by atoms with Crippen LogP contribution in [0.15, 0.2) is 18.2 Å². The number of aromatic nitrogens is 1. The number of hydrogen-bond donors (Lipinski definition) is 2. The Morgan fingerprint density at radius 1 is 1.63 bits per heavy atom. The Morgan fingerprint density at radius 3 is 3.16 bits per heavy atom. The molecule has 1 aliphatic heterocycles. The fraction of sp³-hybridized carbons (Fsp3) is 0.429. The monoisotopic (exact) mass is 259 g/mol. The summed E-state index contributed by atoms with van der Waals surface area (Å²) in [6.07, 6.45) is 0.522. The van der Waals surface area contributed by atoms with Gasteiger partial charge >= 0.3 is 0 Å². The van der Waals surface area contributed by atoms with Crippen molar-refractivity contribution in [2.45, 2.75) is 19.4 Å². The van der Waals surface area contributed by atoms with Crippen molar-refractivity contribution >= 4 is 11.7 Å². The lowest BCUT2D eigenvalue weighted by atomic mass is 10.0. The minimum absolute atomic E-state index is 0.151. The summed E-state index contributed by atoms with van der Waals surface area (Å²) in [5.41, 5.74) is 5.89. The molecule has 2 rings (SSSR count). The molecule has 3 N–H and O–H groups in total. The van der Waals surface area contributed by atoms with Gasteiger partial charge in [0.05, 0.1) is 6.54 Å². The molecular weight excluding hydrogens is 242 g/mol. The van der Waals surface area contributed by atoms with Crippen molar-refractivity contribution in [2.24, 2.45) is 11.7 Å². The van der Waals surface area contributed by atoms with E-state index < -0.39 is 0 Å². The maximum absolute atomic E-state index is 12.0. The molecule has 0 radical (unpaired) electrons. The number of hydrogen-bond acceptors (Lipinski definition) is 4. The van der Waals surface area contributed by atoms with E-state index in [9.17, 15) is 4.79 Å². The highest BCUT2D eigenvalue weighted by Gasteiger charge is 2.30. The number of rotatable bonds is 2. The number of amides is 1. The Morgan fingerprint density at radius 2 is 2.47 bits per heavy atom. The summed E-state index contributed by atoms with van der Waals surface area (Å²) in [5.74, 6) is 6.12. The van der Waals surface area contributed by atoms with Crippen LogP contribution in [0.3, 0.4) is 0 Å². The first-order valence-corrected chi connectivity index (χ1v) is 6.29. The quantitative estimate of drug-likeness (QED) is 0.769. The minimum Gasteiger partial charge on any atom is -0.368 e. The number of carbonyl (C=O) groups is 1. The number of anilines is 1. The van der Waals surface area contributed by atoms with Crippen LogP contribution < -0.4 is 11.1 Å². The average Bonchev–Trinajstić information content (AvgIpc) is 2.83. The molecule has 1 saturated heterocycles. The molecule has 2 unspecified atom stereocenters. The van der Waals surface area contributed by atoms with Crippen LogP contribution in [0.5, 0.6) is 0 Å². The molecule has 1 fully saturated rings. The van der Waals surface area contributed by atoms with Gasteiger partial charge in [0, 0.05) is 6.61 Å². The molecule has 1 aliphatic rings. The summed E-state index contributed by atoms with van der Waals surface area (Å²) < 4.78 is 5.41. The second kappa shape index (κ2) is 6.32. The number of carbonyl (C=O) groups excluding carboxylic acids is 1. The van der Waals surface area contributed by atoms with Crippen LogP contribution in [0.25, 0.3) is 0 Å². The molecule has 0 bridgehead atoms. The highest BCUT2D eigenvalue weighted by molar-refractivity contribution is 5.93. The highest BCUT2D eigenvalue weighted by atomic mass is 16.5. The summed E-state index contributed by atoms with van der Waals surface area (Å²) in [6, 6.07) is 5.29. The van der Waals surface area contributed by atoms with Gasteiger partial charge in [-0.05, 0) is 30.4 Å². The molecule has 0 saturated carbocycles. The Labute approximate surface area is 112 Å². The van der Waals surface area contributed by atoms with E-state index in [1.54, 1.807) is 18.2 Å². The summed E-state index contributed by atoms with van der Waals surface area (Å²) >= 11 is 0. The first-order valence-electron chi connectivity index (χ1n) is 6.29. The topological polar surface area (TPSA) is 77.2 Å². The van der Waals surface area contributed by atoms with E-state index in [1.807, 2.05) is 6.92 Å². The molecule has 5 nitrogen and oxygen atoms in total. The lowest BCUT2D eigenvalue weighted by molar-refractivity contribution is -0.126. The lowest BCUT2D eigenvalue weighted by Gasteiger charge is -2.13. The van der Waals surface area contributed by atoms with E-state index in [1.165, 1.54) is 0 Å². The summed E-state index contributed by atoms with van der Waals surface area (Å²) in [7, 11) is 0. The molecule has 19 heavy (non-hydrogen) atoms. The van der Waals surface area contributed by atoms with Crippen LogP contribution in [0.4, 0.5) is 5.82 Å². The predicted octanol–water partition coefficient (Wildman–Crippen LogP) is 0.755. The van der Waals surface area contributed by atoms with E-state index in [4.69, 9.17) is 10.5 Å². The molecular formula is C14H17N3O2. The molecule has 0 aromatic carbocycles. The molecule has 1 amide bonds. The van der Waals surface area contributed by atoms with Crippen LogP contribution in [0.2, 0.25) is 0 Å². The average molecular weight is 259 g/mol. The first kappa shape index (κ1) is 13.5. The fourth-order valence-electron chi connectivity index (χ4n) is 1.94. The smallest absolute Gasteiger partial charge is 0.254 e. The Hall–Kier alpha value is -1.90. The summed E-state index contributed by atoms with van der Waals surface area (Å²) in [5, 5.41) is 2.76. The molecule has 1 aromatic rings. The van der Waals surface area contributed by atoms with Gasteiger partial charge in [-0.2, -0.15) is 0 Å². The van der Waals surface area contributed by atoms with Gasteiger partial charge in [0.1, 0.15) is 17.6 Å². The van der Waals surface area contributed by atoms with Crippen molar-refractivity contribution in [3.05, 3.63) is 23.9 Å². The molecule has 0 spiro atoms. The van der Waals surface area contributed by atoms with Gasteiger partial charge in [0.2, 0.25) is 0 Å². The Balaban J connectivity index is 2.04. The molecule has 100 valence electrons.